The zero-order chi connectivity index (χ0) is 14.1. The summed E-state index contributed by atoms with van der Waals surface area (Å²) < 4.78 is 0. The van der Waals surface area contributed by atoms with Crippen LogP contribution in [0.25, 0.3) is 0 Å². The molecule has 1 unspecified atom stereocenters. The van der Waals surface area contributed by atoms with Crippen molar-refractivity contribution in [3.63, 3.8) is 0 Å². The van der Waals surface area contributed by atoms with E-state index >= 15 is 0 Å². The first-order chi connectivity index (χ1) is 9.19. The number of carbonyl (C=O) groups is 2. The van der Waals surface area contributed by atoms with Crippen LogP contribution < -0.4 is 16.4 Å². The highest BCUT2D eigenvalue weighted by Gasteiger charge is 2.18. The Morgan fingerprint density at radius 2 is 1.85 bits per heavy atom. The third-order valence-electron chi connectivity index (χ3n) is 2.75. The van der Waals surface area contributed by atoms with E-state index in [1.807, 2.05) is 37.3 Å². The number of nitrogens with two attached hydrogens (primary N) is 1. The van der Waals surface area contributed by atoms with Crippen molar-refractivity contribution in [1.82, 2.24) is 10.6 Å². The van der Waals surface area contributed by atoms with Crippen LogP contribution in [0.1, 0.15) is 24.8 Å². The summed E-state index contributed by atoms with van der Waals surface area (Å²) in [6.07, 6.45) is 0.870. The average Bonchev–Trinajstić information content (AvgIpc) is 2.45. The highest BCUT2D eigenvalue weighted by molar-refractivity contribution is 5.88. The topological polar surface area (TPSA) is 84.2 Å². The Balaban J connectivity index is 0.00000361. The van der Waals surface area contributed by atoms with Crippen LogP contribution in [0, 0.1) is 0 Å². The number of halogens is 1. The van der Waals surface area contributed by atoms with Gasteiger partial charge in [-0.25, -0.2) is 0 Å². The minimum Gasteiger partial charge on any atom is -0.355 e. The van der Waals surface area contributed by atoms with Crippen molar-refractivity contribution in [2.75, 3.05) is 19.6 Å². The number of hydrogen-bond donors (Lipinski definition) is 3. The summed E-state index contributed by atoms with van der Waals surface area (Å²) in [5, 5.41) is 5.31. The molecule has 0 spiro atoms. The molecule has 1 aromatic rings. The van der Waals surface area contributed by atoms with Crippen molar-refractivity contribution in [2.45, 2.75) is 19.3 Å². The van der Waals surface area contributed by atoms with Gasteiger partial charge in [0.05, 0.1) is 12.5 Å². The molecule has 0 aliphatic rings. The maximum atomic E-state index is 12.0. The highest BCUT2D eigenvalue weighted by atomic mass is 35.5. The Hall–Kier alpha value is -1.59. The van der Waals surface area contributed by atoms with E-state index in [1.54, 1.807) is 0 Å². The summed E-state index contributed by atoms with van der Waals surface area (Å²) in [7, 11) is 0. The lowest BCUT2D eigenvalue weighted by molar-refractivity contribution is -0.126. The number of hydrogen-bond acceptors (Lipinski definition) is 3. The third kappa shape index (κ3) is 6.04. The number of rotatable bonds is 7. The van der Waals surface area contributed by atoms with Crippen LogP contribution >= 0.6 is 12.4 Å². The van der Waals surface area contributed by atoms with Gasteiger partial charge in [0.15, 0.2) is 0 Å². The van der Waals surface area contributed by atoms with Gasteiger partial charge in [-0.1, -0.05) is 37.3 Å². The first-order valence-electron chi connectivity index (χ1n) is 6.48. The third-order valence-corrected chi connectivity index (χ3v) is 2.75. The summed E-state index contributed by atoms with van der Waals surface area (Å²) in [4.78, 5) is 23.4. The molecule has 0 saturated heterocycles. The second-order valence-electron chi connectivity index (χ2n) is 4.27. The van der Waals surface area contributed by atoms with Crippen LogP contribution in [0.15, 0.2) is 30.3 Å². The molecule has 1 aromatic carbocycles. The van der Waals surface area contributed by atoms with Crippen LogP contribution in [-0.2, 0) is 9.59 Å². The van der Waals surface area contributed by atoms with Crippen LogP contribution in [0.2, 0.25) is 0 Å². The largest absolute Gasteiger partial charge is 0.355 e. The zero-order valence-electron chi connectivity index (χ0n) is 11.6. The Labute approximate surface area is 125 Å². The van der Waals surface area contributed by atoms with Gasteiger partial charge in [0, 0.05) is 13.1 Å². The van der Waals surface area contributed by atoms with Crippen molar-refractivity contribution in [3.05, 3.63) is 35.9 Å². The van der Waals surface area contributed by atoms with Crippen molar-refractivity contribution in [1.29, 1.82) is 0 Å². The smallest absolute Gasteiger partial charge is 0.239 e. The molecule has 0 aliphatic carbocycles. The molecular formula is C14H22ClN3O2. The van der Waals surface area contributed by atoms with Gasteiger partial charge in [-0.15, -0.1) is 12.4 Å². The van der Waals surface area contributed by atoms with Crippen molar-refractivity contribution < 1.29 is 9.59 Å². The van der Waals surface area contributed by atoms with Crippen LogP contribution in [-0.4, -0.2) is 31.4 Å². The number of nitrogens with one attached hydrogen (secondary N) is 2. The Morgan fingerprint density at radius 1 is 1.20 bits per heavy atom. The van der Waals surface area contributed by atoms with Gasteiger partial charge >= 0.3 is 0 Å². The molecule has 4 N–H and O–H groups in total. The molecule has 5 nitrogen and oxygen atoms in total. The molecule has 112 valence electrons. The lowest BCUT2D eigenvalue weighted by Crippen LogP contribution is -2.40. The minimum atomic E-state index is -0.417. The second kappa shape index (κ2) is 10.2. The second-order valence-corrected chi connectivity index (χ2v) is 4.27. The molecule has 2 amide bonds. The zero-order valence-corrected chi connectivity index (χ0v) is 12.4. The van der Waals surface area contributed by atoms with Gasteiger partial charge in [-0.3, -0.25) is 9.59 Å². The van der Waals surface area contributed by atoms with Crippen molar-refractivity contribution in [3.8, 4) is 0 Å². The standard InChI is InChI=1S/C14H21N3O2.ClH/c1-2-8-16-13(18)10-17-14(19)12(9-15)11-6-4-3-5-7-11;/h3-7,12H,2,8-10,15H2,1H3,(H,16,18)(H,17,19);1H. The van der Waals surface area contributed by atoms with Crippen LogP contribution in [0.3, 0.4) is 0 Å². The van der Waals surface area contributed by atoms with E-state index in [0.29, 0.717) is 6.54 Å². The fourth-order valence-corrected chi connectivity index (χ4v) is 1.70. The fourth-order valence-electron chi connectivity index (χ4n) is 1.70. The predicted octanol–water partition coefficient (Wildman–Crippen LogP) is 0.793. The lowest BCUT2D eigenvalue weighted by Gasteiger charge is -2.15. The molecular weight excluding hydrogens is 278 g/mol. The van der Waals surface area contributed by atoms with Gasteiger partial charge in [-0.2, -0.15) is 0 Å². The van der Waals surface area contributed by atoms with Crippen LogP contribution in [0.4, 0.5) is 0 Å². The Morgan fingerprint density at radius 3 is 2.40 bits per heavy atom. The SMILES string of the molecule is CCCNC(=O)CNC(=O)C(CN)c1ccccc1.Cl. The molecule has 0 heterocycles. The van der Waals surface area contributed by atoms with E-state index in [1.165, 1.54) is 0 Å². The number of benzene rings is 1. The molecule has 1 rings (SSSR count). The molecule has 6 heteroatoms. The molecule has 0 aromatic heterocycles. The molecule has 0 bridgehead atoms. The minimum absolute atomic E-state index is 0. The van der Waals surface area contributed by atoms with Gasteiger partial charge < -0.3 is 16.4 Å². The summed E-state index contributed by atoms with van der Waals surface area (Å²) in [6.45, 7) is 2.79. The van der Waals surface area contributed by atoms with Crippen molar-refractivity contribution in [2.24, 2.45) is 5.73 Å². The molecule has 0 fully saturated rings. The first kappa shape index (κ1) is 18.4. The van der Waals surface area contributed by atoms with Gasteiger partial charge in [0.25, 0.3) is 0 Å². The van der Waals surface area contributed by atoms with E-state index in [9.17, 15) is 9.59 Å². The average molecular weight is 300 g/mol. The van der Waals surface area contributed by atoms with Gasteiger partial charge in [-0.05, 0) is 12.0 Å². The molecule has 0 radical (unpaired) electrons. The summed E-state index contributed by atoms with van der Waals surface area (Å²) in [5.41, 5.74) is 6.49. The Bertz CT molecular complexity index is 412. The number of amides is 2. The summed E-state index contributed by atoms with van der Waals surface area (Å²) in [6, 6.07) is 9.31. The van der Waals surface area contributed by atoms with Crippen molar-refractivity contribution >= 4 is 24.2 Å². The maximum absolute atomic E-state index is 12.0. The number of carbonyl (C=O) groups excluding carboxylic acids is 2. The van der Waals surface area contributed by atoms with Gasteiger partial charge in [0.2, 0.25) is 11.8 Å². The fraction of sp³-hybridized carbons (Fsp3) is 0.429. The molecule has 0 aliphatic heterocycles. The molecule has 1 atom stereocenters. The predicted molar refractivity (Wildman–Crippen MR) is 81.8 cm³/mol. The van der Waals surface area contributed by atoms with E-state index in [0.717, 1.165) is 12.0 Å². The highest BCUT2D eigenvalue weighted by Crippen LogP contribution is 2.13. The quantitative estimate of drug-likeness (QED) is 0.696. The molecule has 0 saturated carbocycles. The Kier molecular flexibility index (Phi) is 9.41. The summed E-state index contributed by atoms with van der Waals surface area (Å²) in [5.74, 6) is -0.820. The van der Waals surface area contributed by atoms with E-state index in [-0.39, 0.29) is 37.3 Å². The van der Waals surface area contributed by atoms with E-state index in [2.05, 4.69) is 10.6 Å². The van der Waals surface area contributed by atoms with E-state index in [4.69, 9.17) is 5.73 Å². The maximum Gasteiger partial charge on any atom is 0.239 e. The molecule has 20 heavy (non-hydrogen) atoms. The first-order valence-corrected chi connectivity index (χ1v) is 6.48. The van der Waals surface area contributed by atoms with E-state index < -0.39 is 5.92 Å². The lowest BCUT2D eigenvalue weighted by atomic mass is 9.98. The summed E-state index contributed by atoms with van der Waals surface area (Å²) >= 11 is 0. The monoisotopic (exact) mass is 299 g/mol. The van der Waals surface area contributed by atoms with Gasteiger partial charge in [0.1, 0.15) is 0 Å². The van der Waals surface area contributed by atoms with Crippen LogP contribution in [0.5, 0.6) is 0 Å². The normalized spacial score (nSPS) is 11.1.